The Labute approximate surface area is 185 Å². The van der Waals surface area contributed by atoms with Crippen LogP contribution in [0.4, 0.5) is 0 Å². The average Bonchev–Trinajstić information content (AvgIpc) is 3.16. The standard InChI is InChI=1S/C20H25N5O6S/c1-13-21-18(11-24(13)2)32(28,29)25-9-7-14(8-10-25)19(26)22-23-20(27)17-12-30-15-5-3-4-6-16(15)31-17/h3-6,11,14,17H,7-10,12H2,1-2H3,(H,22,26)(H,23,27). The maximum atomic E-state index is 12.8. The topological polar surface area (TPSA) is 132 Å². The van der Waals surface area contributed by atoms with Crippen molar-refractivity contribution in [2.75, 3.05) is 19.7 Å². The molecule has 172 valence electrons. The lowest BCUT2D eigenvalue weighted by atomic mass is 9.98. The lowest BCUT2D eigenvalue weighted by Crippen LogP contribution is -2.53. The Morgan fingerprint density at radius 1 is 1.09 bits per heavy atom. The normalized spacial score (nSPS) is 19.4. The summed E-state index contributed by atoms with van der Waals surface area (Å²) in [7, 11) is -1.98. The van der Waals surface area contributed by atoms with Gasteiger partial charge in [0.1, 0.15) is 12.4 Å². The minimum absolute atomic E-state index is 0.00365. The van der Waals surface area contributed by atoms with Gasteiger partial charge in [0, 0.05) is 32.3 Å². The van der Waals surface area contributed by atoms with E-state index in [2.05, 4.69) is 15.8 Å². The Balaban J connectivity index is 1.26. The second kappa shape index (κ2) is 8.79. The summed E-state index contributed by atoms with van der Waals surface area (Å²) in [5, 5.41) is 0.00365. The van der Waals surface area contributed by atoms with Gasteiger partial charge >= 0.3 is 0 Å². The van der Waals surface area contributed by atoms with Crippen LogP contribution in [0.2, 0.25) is 0 Å². The Morgan fingerprint density at radius 2 is 1.75 bits per heavy atom. The number of benzene rings is 1. The van der Waals surface area contributed by atoms with E-state index in [1.807, 2.05) is 0 Å². The summed E-state index contributed by atoms with van der Waals surface area (Å²) in [6.07, 6.45) is 1.26. The van der Waals surface area contributed by atoms with E-state index in [1.165, 1.54) is 10.5 Å². The molecule has 0 saturated carbocycles. The number of amides is 2. The molecule has 1 aromatic heterocycles. The highest BCUT2D eigenvalue weighted by Crippen LogP contribution is 2.30. The highest BCUT2D eigenvalue weighted by molar-refractivity contribution is 7.89. The van der Waals surface area contributed by atoms with Gasteiger partial charge in [-0.2, -0.15) is 4.31 Å². The SMILES string of the molecule is Cc1nc(S(=O)(=O)N2CCC(C(=O)NNC(=O)C3COc4ccccc4O3)CC2)cn1C. The van der Waals surface area contributed by atoms with Crippen LogP contribution in [0.1, 0.15) is 18.7 Å². The van der Waals surface area contributed by atoms with E-state index in [1.54, 1.807) is 42.8 Å². The Kier molecular flexibility index (Phi) is 6.07. The summed E-state index contributed by atoms with van der Waals surface area (Å²) in [6.45, 7) is 2.15. The van der Waals surface area contributed by atoms with Crippen molar-refractivity contribution in [1.29, 1.82) is 0 Å². The van der Waals surface area contributed by atoms with Gasteiger partial charge in [0.15, 0.2) is 16.5 Å². The molecule has 3 heterocycles. The Hall–Kier alpha value is -3.12. The number of ether oxygens (including phenoxy) is 2. The number of hydrogen-bond donors (Lipinski definition) is 2. The number of aryl methyl sites for hydroxylation is 2. The predicted molar refractivity (Wildman–Crippen MR) is 112 cm³/mol. The molecule has 0 spiro atoms. The fraction of sp³-hybridized carbons (Fsp3) is 0.450. The molecule has 1 unspecified atom stereocenters. The van der Waals surface area contributed by atoms with Gasteiger partial charge in [-0.15, -0.1) is 0 Å². The average molecular weight is 464 g/mol. The van der Waals surface area contributed by atoms with Crippen molar-refractivity contribution in [1.82, 2.24) is 24.7 Å². The van der Waals surface area contributed by atoms with Crippen LogP contribution in [0.15, 0.2) is 35.5 Å². The third-order valence-electron chi connectivity index (χ3n) is 5.63. The molecule has 32 heavy (non-hydrogen) atoms. The third kappa shape index (κ3) is 4.41. The molecule has 0 aliphatic carbocycles. The third-order valence-corrected chi connectivity index (χ3v) is 7.40. The van der Waals surface area contributed by atoms with Gasteiger partial charge in [-0.3, -0.25) is 20.4 Å². The number of piperidine rings is 1. The summed E-state index contributed by atoms with van der Waals surface area (Å²) >= 11 is 0. The zero-order chi connectivity index (χ0) is 22.9. The van der Waals surface area contributed by atoms with Crippen LogP contribution in [-0.4, -0.2) is 59.9 Å². The van der Waals surface area contributed by atoms with Gasteiger partial charge in [0.2, 0.25) is 12.0 Å². The number of carbonyl (C=O) groups is 2. The molecule has 0 radical (unpaired) electrons. The van der Waals surface area contributed by atoms with E-state index in [0.717, 1.165) is 0 Å². The zero-order valence-electron chi connectivity index (χ0n) is 17.8. The number of rotatable bonds is 4. The van der Waals surface area contributed by atoms with Crippen LogP contribution in [0.25, 0.3) is 0 Å². The van der Waals surface area contributed by atoms with Crippen LogP contribution in [0.5, 0.6) is 11.5 Å². The first-order valence-electron chi connectivity index (χ1n) is 10.2. The number of imidazole rings is 1. The van der Waals surface area contributed by atoms with Gasteiger partial charge in [0.05, 0.1) is 0 Å². The van der Waals surface area contributed by atoms with E-state index in [9.17, 15) is 18.0 Å². The van der Waals surface area contributed by atoms with Crippen molar-refractivity contribution in [3.05, 3.63) is 36.3 Å². The number of para-hydroxylation sites is 2. The van der Waals surface area contributed by atoms with Crippen molar-refractivity contribution in [2.45, 2.75) is 30.9 Å². The van der Waals surface area contributed by atoms with E-state index < -0.39 is 28.0 Å². The molecule has 0 bridgehead atoms. The molecular formula is C20H25N5O6S. The number of nitrogens with one attached hydrogen (secondary N) is 2. The summed E-state index contributed by atoms with van der Waals surface area (Å²) in [4.78, 5) is 28.9. The molecule has 12 heteroatoms. The van der Waals surface area contributed by atoms with Crippen molar-refractivity contribution < 1.29 is 27.5 Å². The van der Waals surface area contributed by atoms with Crippen LogP contribution in [0, 0.1) is 12.8 Å². The fourth-order valence-corrected chi connectivity index (χ4v) is 5.09. The number of nitrogens with zero attached hydrogens (tertiary/aromatic N) is 3. The van der Waals surface area contributed by atoms with Gasteiger partial charge in [-0.25, -0.2) is 13.4 Å². The lowest BCUT2D eigenvalue weighted by molar-refractivity contribution is -0.136. The highest BCUT2D eigenvalue weighted by Gasteiger charge is 2.34. The molecule has 2 aliphatic heterocycles. The van der Waals surface area contributed by atoms with Crippen LogP contribution in [0.3, 0.4) is 0 Å². The number of aromatic nitrogens is 2. The minimum Gasteiger partial charge on any atom is -0.485 e. The zero-order valence-corrected chi connectivity index (χ0v) is 18.6. The van der Waals surface area contributed by atoms with Gasteiger partial charge < -0.3 is 14.0 Å². The molecule has 2 aromatic rings. The first-order chi connectivity index (χ1) is 15.3. The van der Waals surface area contributed by atoms with E-state index in [-0.39, 0.29) is 30.6 Å². The number of carbonyl (C=O) groups excluding carboxylic acids is 2. The second-order valence-corrected chi connectivity index (χ2v) is 9.64. The molecule has 1 aromatic carbocycles. The maximum Gasteiger partial charge on any atom is 0.283 e. The Bertz CT molecular complexity index is 1100. The molecule has 4 rings (SSSR count). The van der Waals surface area contributed by atoms with E-state index in [4.69, 9.17) is 9.47 Å². The van der Waals surface area contributed by atoms with Gasteiger partial charge in [-0.1, -0.05) is 12.1 Å². The van der Waals surface area contributed by atoms with Crippen molar-refractivity contribution >= 4 is 21.8 Å². The van der Waals surface area contributed by atoms with Gasteiger partial charge in [0.25, 0.3) is 15.9 Å². The van der Waals surface area contributed by atoms with Crippen molar-refractivity contribution in [3.8, 4) is 11.5 Å². The van der Waals surface area contributed by atoms with Crippen molar-refractivity contribution in [3.63, 3.8) is 0 Å². The number of hydrogen-bond acceptors (Lipinski definition) is 7. The summed E-state index contributed by atoms with van der Waals surface area (Å²) in [6, 6.07) is 7.01. The number of hydrazine groups is 1. The number of sulfonamides is 1. The van der Waals surface area contributed by atoms with Crippen LogP contribution < -0.4 is 20.3 Å². The molecule has 2 aliphatic rings. The molecule has 1 atom stereocenters. The Morgan fingerprint density at radius 3 is 2.41 bits per heavy atom. The molecule has 11 nitrogen and oxygen atoms in total. The van der Waals surface area contributed by atoms with Crippen LogP contribution >= 0.6 is 0 Å². The van der Waals surface area contributed by atoms with E-state index in [0.29, 0.717) is 30.2 Å². The maximum absolute atomic E-state index is 12.8. The smallest absolute Gasteiger partial charge is 0.283 e. The largest absolute Gasteiger partial charge is 0.485 e. The second-order valence-electron chi connectivity index (χ2n) is 7.76. The first-order valence-corrected chi connectivity index (χ1v) is 11.7. The molecule has 2 N–H and O–H groups in total. The first kappa shape index (κ1) is 22.1. The summed E-state index contributed by atoms with van der Waals surface area (Å²) in [5.41, 5.74) is 4.78. The molecule has 1 saturated heterocycles. The summed E-state index contributed by atoms with van der Waals surface area (Å²) < 4.78 is 39.6. The summed E-state index contributed by atoms with van der Waals surface area (Å²) in [5.74, 6) is 0.297. The van der Waals surface area contributed by atoms with Crippen LogP contribution in [-0.2, 0) is 26.7 Å². The van der Waals surface area contributed by atoms with Crippen molar-refractivity contribution in [2.24, 2.45) is 13.0 Å². The molecule has 2 amide bonds. The van der Waals surface area contributed by atoms with E-state index >= 15 is 0 Å². The van der Waals surface area contributed by atoms with Gasteiger partial charge in [-0.05, 0) is 31.9 Å². The lowest BCUT2D eigenvalue weighted by Gasteiger charge is -2.30. The molecular weight excluding hydrogens is 438 g/mol. The fourth-order valence-electron chi connectivity index (χ4n) is 3.60. The predicted octanol–water partition coefficient (Wildman–Crippen LogP) is 0.117. The quantitative estimate of drug-likeness (QED) is 0.616. The molecule has 1 fully saturated rings. The minimum atomic E-state index is -3.71. The number of fused-ring (bicyclic) bond motifs is 1. The highest BCUT2D eigenvalue weighted by atomic mass is 32.2. The monoisotopic (exact) mass is 463 g/mol.